The van der Waals surface area contributed by atoms with Gasteiger partial charge in [0.2, 0.25) is 5.91 Å². The Bertz CT molecular complexity index is 2540. The van der Waals surface area contributed by atoms with Crippen LogP contribution in [0.2, 0.25) is 0 Å². The molecule has 3 aromatic heterocycles. The van der Waals surface area contributed by atoms with Gasteiger partial charge in [0.15, 0.2) is 0 Å². The van der Waals surface area contributed by atoms with Gasteiger partial charge < -0.3 is 39.9 Å². The minimum Gasteiger partial charge on any atom is -0.453 e. The Hall–Kier alpha value is -7.10. The van der Waals surface area contributed by atoms with E-state index in [0.29, 0.717) is 30.3 Å². The SMILES string of the molecule is COC(=O)N[C@H](C(=O)N1CCC[C@H]1c1ncc(-c2ccc(-c3cnc4cc(-c5cnc([C@@H]6CCCN6C(=O)[C@H](NC(=O)OC)c6ccccc6)[nH]5)ccc4n3)cc2)[nH]1)C(C)C. The maximum atomic E-state index is 13.9. The molecule has 6 aromatic rings. The molecule has 4 amide bonds. The highest BCUT2D eigenvalue weighted by Crippen LogP contribution is 2.36. The molecular formula is C45H48N10O6. The third-order valence-corrected chi connectivity index (χ3v) is 11.5. The Labute approximate surface area is 352 Å². The van der Waals surface area contributed by atoms with Crippen molar-refractivity contribution in [1.29, 1.82) is 0 Å². The highest BCUT2D eigenvalue weighted by atomic mass is 16.5. The Morgan fingerprint density at radius 3 is 1.87 bits per heavy atom. The average molecular weight is 825 g/mol. The van der Waals surface area contributed by atoms with E-state index in [1.807, 2.05) is 86.6 Å². The Kier molecular flexibility index (Phi) is 11.8. The summed E-state index contributed by atoms with van der Waals surface area (Å²) in [5.74, 6) is 0.874. The molecule has 4 atom stereocenters. The summed E-state index contributed by atoms with van der Waals surface area (Å²) in [6, 6.07) is 20.9. The number of nitrogens with one attached hydrogen (secondary N) is 4. The number of fused-ring (bicyclic) bond motifs is 1. The fourth-order valence-corrected chi connectivity index (χ4v) is 8.23. The molecule has 2 saturated heterocycles. The number of rotatable bonds is 11. The highest BCUT2D eigenvalue weighted by Gasteiger charge is 2.39. The van der Waals surface area contributed by atoms with E-state index in [2.05, 4.69) is 25.6 Å². The van der Waals surface area contributed by atoms with E-state index in [0.717, 1.165) is 70.5 Å². The zero-order valence-electron chi connectivity index (χ0n) is 34.4. The van der Waals surface area contributed by atoms with Crippen molar-refractivity contribution in [2.24, 2.45) is 5.92 Å². The minimum atomic E-state index is -0.897. The van der Waals surface area contributed by atoms with Gasteiger partial charge in [-0.15, -0.1) is 0 Å². The molecule has 0 bridgehead atoms. The summed E-state index contributed by atoms with van der Waals surface area (Å²) >= 11 is 0. The highest BCUT2D eigenvalue weighted by molar-refractivity contribution is 5.88. The zero-order valence-corrected chi connectivity index (χ0v) is 34.4. The summed E-state index contributed by atoms with van der Waals surface area (Å²) in [6.45, 7) is 4.90. The van der Waals surface area contributed by atoms with E-state index in [1.165, 1.54) is 14.2 Å². The number of hydrogen-bond donors (Lipinski definition) is 4. The molecule has 0 spiro atoms. The van der Waals surface area contributed by atoms with Crippen molar-refractivity contribution >= 4 is 35.0 Å². The molecule has 0 radical (unpaired) electrons. The van der Waals surface area contributed by atoms with Crippen molar-refractivity contribution in [3.05, 3.63) is 109 Å². The summed E-state index contributed by atoms with van der Waals surface area (Å²) in [5.41, 5.74) is 7.17. The third-order valence-electron chi connectivity index (χ3n) is 11.5. The zero-order chi connectivity index (χ0) is 42.6. The molecule has 16 heteroatoms. The van der Waals surface area contributed by atoms with Gasteiger partial charge in [-0.2, -0.15) is 0 Å². The van der Waals surface area contributed by atoms with Gasteiger partial charge in [-0.1, -0.05) is 74.5 Å². The molecule has 2 aliphatic rings. The molecule has 8 rings (SSSR count). The van der Waals surface area contributed by atoms with Crippen molar-refractivity contribution in [2.45, 2.75) is 63.7 Å². The normalized spacial score (nSPS) is 17.3. The predicted molar refractivity (Wildman–Crippen MR) is 226 cm³/mol. The molecule has 5 heterocycles. The number of amides is 4. The topological polar surface area (TPSA) is 200 Å². The van der Waals surface area contributed by atoms with Gasteiger partial charge in [0.25, 0.3) is 5.91 Å². The standard InChI is InChI=1S/C45H48N10O6/c1-26(2)38(52-44(58)60-3)42(56)54-20-8-12-36(54)40-47-24-34(50-40)28-16-14-27(15-17-28)33-23-46-32-22-30(18-19-31(32)49-33)35-25-48-41(51-35)37-13-9-21-55(37)43(57)39(53-45(59)61-4)29-10-6-5-7-11-29/h5-7,10-11,14-19,22-26,36-39H,8-9,12-13,20-21H2,1-4H3,(H,47,50)(H,48,51)(H,52,58)(H,53,59)/t36-,37-,38-,39+/m0/s1. The van der Waals surface area contributed by atoms with E-state index < -0.39 is 24.3 Å². The summed E-state index contributed by atoms with van der Waals surface area (Å²) in [7, 11) is 2.56. The smallest absolute Gasteiger partial charge is 0.407 e. The number of H-pyrrole nitrogens is 2. The lowest BCUT2D eigenvalue weighted by Crippen LogP contribution is -2.51. The number of carbonyl (C=O) groups excluding carboxylic acids is 4. The number of aromatic nitrogens is 6. The maximum Gasteiger partial charge on any atom is 0.407 e. The number of imidazole rings is 2. The van der Waals surface area contributed by atoms with Gasteiger partial charge in [-0.05, 0) is 54.9 Å². The molecule has 2 fully saturated rings. The van der Waals surface area contributed by atoms with Gasteiger partial charge in [0.1, 0.15) is 23.7 Å². The molecular weight excluding hydrogens is 777 g/mol. The molecule has 0 unspecified atom stereocenters. The van der Waals surface area contributed by atoms with E-state index in [9.17, 15) is 19.2 Å². The largest absolute Gasteiger partial charge is 0.453 e. The molecule has 314 valence electrons. The Balaban J connectivity index is 0.943. The van der Waals surface area contributed by atoms with Crippen LogP contribution in [0.3, 0.4) is 0 Å². The van der Waals surface area contributed by atoms with Crippen molar-refractivity contribution in [1.82, 2.24) is 50.3 Å². The lowest BCUT2D eigenvalue weighted by atomic mass is 10.0. The summed E-state index contributed by atoms with van der Waals surface area (Å²) in [6.07, 6.45) is 7.12. The number of benzene rings is 3. The monoisotopic (exact) mass is 824 g/mol. The van der Waals surface area contributed by atoms with Crippen molar-refractivity contribution in [2.75, 3.05) is 27.3 Å². The molecule has 0 aliphatic carbocycles. The van der Waals surface area contributed by atoms with Crippen LogP contribution in [0.5, 0.6) is 0 Å². The van der Waals surface area contributed by atoms with Gasteiger partial charge in [0.05, 0.1) is 73.0 Å². The number of aromatic amines is 2. The number of carbonyl (C=O) groups is 4. The van der Waals surface area contributed by atoms with Gasteiger partial charge >= 0.3 is 12.2 Å². The van der Waals surface area contributed by atoms with Gasteiger partial charge in [-0.25, -0.2) is 24.5 Å². The number of hydrogen-bond acceptors (Lipinski definition) is 10. The van der Waals surface area contributed by atoms with Gasteiger partial charge in [-0.3, -0.25) is 14.6 Å². The lowest BCUT2D eigenvalue weighted by Gasteiger charge is -2.30. The molecule has 16 nitrogen and oxygen atoms in total. The first-order valence-electron chi connectivity index (χ1n) is 20.4. The fraction of sp³-hybridized carbons (Fsp3) is 0.333. The molecule has 4 N–H and O–H groups in total. The number of likely N-dealkylation sites (tertiary alicyclic amines) is 2. The van der Waals surface area contributed by atoms with Crippen LogP contribution in [-0.4, -0.2) is 97.1 Å². The van der Waals surface area contributed by atoms with Crippen LogP contribution in [-0.2, 0) is 19.1 Å². The van der Waals surface area contributed by atoms with Crippen LogP contribution < -0.4 is 10.6 Å². The first-order valence-corrected chi connectivity index (χ1v) is 20.4. The molecule has 61 heavy (non-hydrogen) atoms. The molecule has 3 aromatic carbocycles. The third kappa shape index (κ3) is 8.51. The predicted octanol–water partition coefficient (Wildman–Crippen LogP) is 6.88. The second-order valence-electron chi connectivity index (χ2n) is 15.6. The van der Waals surface area contributed by atoms with Crippen molar-refractivity contribution in [3.8, 4) is 33.8 Å². The minimum absolute atomic E-state index is 0.117. The number of alkyl carbamates (subject to hydrolysis) is 2. The summed E-state index contributed by atoms with van der Waals surface area (Å²) in [5, 5.41) is 5.40. The number of ether oxygens (including phenoxy) is 2. The van der Waals surface area contributed by atoms with Crippen LogP contribution >= 0.6 is 0 Å². The quantitative estimate of drug-likeness (QED) is 0.107. The van der Waals surface area contributed by atoms with Crippen molar-refractivity contribution in [3.63, 3.8) is 0 Å². The lowest BCUT2D eigenvalue weighted by molar-refractivity contribution is -0.135. The van der Waals surface area contributed by atoms with E-state index in [4.69, 9.17) is 24.4 Å². The van der Waals surface area contributed by atoms with Crippen LogP contribution in [0.25, 0.3) is 44.8 Å². The second kappa shape index (κ2) is 17.6. The van der Waals surface area contributed by atoms with E-state index >= 15 is 0 Å². The maximum absolute atomic E-state index is 13.9. The fourth-order valence-electron chi connectivity index (χ4n) is 8.23. The number of methoxy groups -OCH3 is 2. The number of nitrogens with zero attached hydrogens (tertiary/aromatic N) is 6. The Morgan fingerprint density at radius 1 is 0.672 bits per heavy atom. The van der Waals surface area contributed by atoms with Gasteiger partial charge in [0, 0.05) is 24.2 Å². The summed E-state index contributed by atoms with van der Waals surface area (Å²) in [4.78, 5) is 81.2. The first kappa shape index (κ1) is 40.7. The Morgan fingerprint density at radius 2 is 1.25 bits per heavy atom. The van der Waals surface area contributed by atoms with E-state index in [-0.39, 0.29) is 29.8 Å². The van der Waals surface area contributed by atoms with E-state index in [1.54, 1.807) is 28.4 Å². The first-order chi connectivity index (χ1) is 29.6. The van der Waals surface area contributed by atoms with Crippen LogP contribution in [0.1, 0.15) is 74.9 Å². The van der Waals surface area contributed by atoms with Crippen LogP contribution in [0.15, 0.2) is 91.4 Å². The van der Waals surface area contributed by atoms with Crippen LogP contribution in [0.4, 0.5) is 9.59 Å². The molecule has 0 saturated carbocycles. The summed E-state index contributed by atoms with van der Waals surface area (Å²) < 4.78 is 9.59. The van der Waals surface area contributed by atoms with Crippen LogP contribution in [0, 0.1) is 5.92 Å². The molecule has 2 aliphatic heterocycles. The van der Waals surface area contributed by atoms with Crippen molar-refractivity contribution < 1.29 is 28.7 Å². The average Bonchev–Trinajstić information content (AvgIpc) is 4.14. The second-order valence-corrected chi connectivity index (χ2v) is 15.6.